The van der Waals surface area contributed by atoms with Gasteiger partial charge in [-0.2, -0.15) is 0 Å². The molecular weight excluding hydrogens is 362 g/mol. The predicted molar refractivity (Wildman–Crippen MR) is 77.7 cm³/mol. The van der Waals surface area contributed by atoms with Crippen molar-refractivity contribution in [2.45, 2.75) is 31.9 Å². The van der Waals surface area contributed by atoms with Crippen LogP contribution >= 0.6 is 31.9 Å². The smallest absolute Gasteiger partial charge is 0.252 e. The third kappa shape index (κ3) is 3.33. The zero-order valence-corrected chi connectivity index (χ0v) is 13.3. The number of hydrogen-bond donors (Lipinski definition) is 1. The van der Waals surface area contributed by atoms with Crippen LogP contribution in [-0.2, 0) is 4.74 Å². The maximum atomic E-state index is 12.0. The minimum Gasteiger partial charge on any atom is -0.378 e. The molecule has 2 rings (SSSR count). The van der Waals surface area contributed by atoms with E-state index in [1.807, 2.05) is 25.1 Å². The zero-order chi connectivity index (χ0) is 13.1. The van der Waals surface area contributed by atoms with E-state index in [1.54, 1.807) is 0 Å². The number of hydrogen-bond acceptors (Lipinski definition) is 2. The molecule has 18 heavy (non-hydrogen) atoms. The summed E-state index contributed by atoms with van der Waals surface area (Å²) >= 11 is 6.77. The summed E-state index contributed by atoms with van der Waals surface area (Å²) in [5.41, 5.74) is 0.665. The van der Waals surface area contributed by atoms with Crippen LogP contribution in [0.3, 0.4) is 0 Å². The van der Waals surface area contributed by atoms with Crippen LogP contribution in [0.4, 0.5) is 0 Å². The molecule has 5 heteroatoms. The lowest BCUT2D eigenvalue weighted by Gasteiger charge is -2.35. The number of ether oxygens (including phenoxy) is 1. The van der Waals surface area contributed by atoms with Crippen LogP contribution in [0.25, 0.3) is 0 Å². The second-order valence-electron chi connectivity index (χ2n) is 4.34. The summed E-state index contributed by atoms with van der Waals surface area (Å²) in [4.78, 5) is 12.0. The molecule has 1 aliphatic carbocycles. The van der Waals surface area contributed by atoms with Gasteiger partial charge in [-0.3, -0.25) is 4.79 Å². The van der Waals surface area contributed by atoms with Crippen LogP contribution in [0.15, 0.2) is 27.1 Å². The Hall–Kier alpha value is -0.390. The highest BCUT2D eigenvalue weighted by molar-refractivity contribution is 9.11. The molecule has 0 atom stereocenters. The Labute approximate surface area is 124 Å². The van der Waals surface area contributed by atoms with E-state index in [-0.39, 0.29) is 11.9 Å². The Balaban J connectivity index is 1.89. The van der Waals surface area contributed by atoms with Gasteiger partial charge in [0.1, 0.15) is 0 Å². The van der Waals surface area contributed by atoms with Gasteiger partial charge in [-0.15, -0.1) is 0 Å². The Morgan fingerprint density at radius 3 is 2.78 bits per heavy atom. The van der Waals surface area contributed by atoms with E-state index < -0.39 is 0 Å². The molecule has 1 saturated carbocycles. The molecule has 1 N–H and O–H groups in total. The van der Waals surface area contributed by atoms with Gasteiger partial charge in [-0.05, 0) is 53.9 Å². The summed E-state index contributed by atoms with van der Waals surface area (Å²) in [6, 6.07) is 5.79. The van der Waals surface area contributed by atoms with E-state index >= 15 is 0 Å². The number of carbonyl (C=O) groups is 1. The van der Waals surface area contributed by atoms with Gasteiger partial charge in [0.15, 0.2) is 0 Å². The van der Waals surface area contributed by atoms with Crippen LogP contribution in [0.2, 0.25) is 0 Å². The number of carbonyl (C=O) groups excluding carboxylic acids is 1. The molecule has 1 aromatic rings. The van der Waals surface area contributed by atoms with Crippen molar-refractivity contribution >= 4 is 37.8 Å². The molecule has 0 aromatic heterocycles. The summed E-state index contributed by atoms with van der Waals surface area (Å²) in [5.74, 6) is -0.0330. The minimum absolute atomic E-state index is 0.0330. The first-order valence-corrected chi connectivity index (χ1v) is 7.56. The monoisotopic (exact) mass is 375 g/mol. The molecule has 0 saturated heterocycles. The van der Waals surface area contributed by atoms with Crippen molar-refractivity contribution in [3.05, 3.63) is 32.7 Å². The van der Waals surface area contributed by atoms with E-state index in [4.69, 9.17) is 4.74 Å². The van der Waals surface area contributed by atoms with Gasteiger partial charge in [-0.25, -0.2) is 0 Å². The molecule has 1 amide bonds. The van der Waals surface area contributed by atoms with Crippen molar-refractivity contribution in [1.29, 1.82) is 0 Å². The second-order valence-corrected chi connectivity index (χ2v) is 6.11. The van der Waals surface area contributed by atoms with E-state index in [0.717, 1.165) is 28.4 Å². The second kappa shape index (κ2) is 6.17. The molecule has 0 unspecified atom stereocenters. The molecule has 98 valence electrons. The standard InChI is InChI=1S/C13H15Br2NO2/c1-2-18-10-6-9(7-10)16-13(17)11-4-3-8(14)5-12(11)15/h3-5,9-10H,2,6-7H2,1H3,(H,16,17). The molecule has 0 radical (unpaired) electrons. The average molecular weight is 377 g/mol. The van der Waals surface area contributed by atoms with E-state index in [9.17, 15) is 4.79 Å². The quantitative estimate of drug-likeness (QED) is 0.873. The van der Waals surface area contributed by atoms with E-state index in [1.165, 1.54) is 0 Å². The molecule has 0 spiro atoms. The normalized spacial score (nSPS) is 22.4. The average Bonchev–Trinajstić information content (AvgIpc) is 2.26. The fourth-order valence-electron chi connectivity index (χ4n) is 1.99. The fourth-order valence-corrected chi connectivity index (χ4v) is 3.22. The van der Waals surface area contributed by atoms with E-state index in [2.05, 4.69) is 37.2 Å². The molecule has 0 aliphatic heterocycles. The van der Waals surface area contributed by atoms with Crippen molar-refractivity contribution in [1.82, 2.24) is 5.32 Å². The summed E-state index contributed by atoms with van der Waals surface area (Å²) in [7, 11) is 0. The highest BCUT2D eigenvalue weighted by atomic mass is 79.9. The van der Waals surface area contributed by atoms with Crippen molar-refractivity contribution in [3.63, 3.8) is 0 Å². The van der Waals surface area contributed by atoms with Crippen LogP contribution in [-0.4, -0.2) is 24.7 Å². The summed E-state index contributed by atoms with van der Waals surface area (Å²) < 4.78 is 7.22. The predicted octanol–water partition coefficient (Wildman–Crippen LogP) is 3.51. The molecule has 0 heterocycles. The Morgan fingerprint density at radius 1 is 1.44 bits per heavy atom. The SMILES string of the molecule is CCOC1CC(NC(=O)c2ccc(Br)cc2Br)C1. The van der Waals surface area contributed by atoms with Crippen LogP contribution in [0.5, 0.6) is 0 Å². The summed E-state index contributed by atoms with van der Waals surface area (Å²) in [6.07, 6.45) is 2.13. The van der Waals surface area contributed by atoms with Crippen molar-refractivity contribution < 1.29 is 9.53 Å². The molecule has 1 aliphatic rings. The number of benzene rings is 1. The molecular formula is C13H15Br2NO2. The maximum absolute atomic E-state index is 12.0. The number of amides is 1. The topological polar surface area (TPSA) is 38.3 Å². The largest absolute Gasteiger partial charge is 0.378 e. The van der Waals surface area contributed by atoms with Gasteiger partial charge in [0.05, 0.1) is 11.7 Å². The first-order valence-electron chi connectivity index (χ1n) is 5.97. The molecule has 1 fully saturated rings. The van der Waals surface area contributed by atoms with Crippen LogP contribution in [0, 0.1) is 0 Å². The Morgan fingerprint density at radius 2 is 2.17 bits per heavy atom. The van der Waals surface area contributed by atoms with Crippen LogP contribution < -0.4 is 5.32 Å². The molecule has 0 bridgehead atoms. The minimum atomic E-state index is -0.0330. The summed E-state index contributed by atoms with van der Waals surface area (Å²) in [5, 5.41) is 3.02. The third-order valence-electron chi connectivity index (χ3n) is 3.01. The van der Waals surface area contributed by atoms with E-state index in [0.29, 0.717) is 11.7 Å². The van der Waals surface area contributed by atoms with Crippen molar-refractivity contribution in [2.24, 2.45) is 0 Å². The van der Waals surface area contributed by atoms with Gasteiger partial charge in [-0.1, -0.05) is 15.9 Å². The molecule has 3 nitrogen and oxygen atoms in total. The lowest BCUT2D eigenvalue weighted by atomic mass is 9.89. The Kier molecular flexibility index (Phi) is 4.81. The highest BCUT2D eigenvalue weighted by Gasteiger charge is 2.31. The van der Waals surface area contributed by atoms with Crippen molar-refractivity contribution in [2.75, 3.05) is 6.61 Å². The van der Waals surface area contributed by atoms with Gasteiger partial charge in [0, 0.05) is 21.6 Å². The van der Waals surface area contributed by atoms with Gasteiger partial charge in [0.2, 0.25) is 0 Å². The fraction of sp³-hybridized carbons (Fsp3) is 0.462. The Bertz CT molecular complexity index is 445. The van der Waals surface area contributed by atoms with Gasteiger partial charge >= 0.3 is 0 Å². The zero-order valence-electron chi connectivity index (χ0n) is 10.1. The number of rotatable bonds is 4. The summed E-state index contributed by atoms with van der Waals surface area (Å²) in [6.45, 7) is 2.73. The molecule has 1 aromatic carbocycles. The first kappa shape index (κ1) is 14.0. The lowest BCUT2D eigenvalue weighted by molar-refractivity contribution is -0.00863. The van der Waals surface area contributed by atoms with Crippen LogP contribution in [0.1, 0.15) is 30.1 Å². The highest BCUT2D eigenvalue weighted by Crippen LogP contribution is 2.25. The third-order valence-corrected chi connectivity index (χ3v) is 4.16. The maximum Gasteiger partial charge on any atom is 0.252 e. The number of nitrogens with one attached hydrogen (secondary N) is 1. The van der Waals surface area contributed by atoms with Gasteiger partial charge < -0.3 is 10.1 Å². The van der Waals surface area contributed by atoms with Gasteiger partial charge in [0.25, 0.3) is 5.91 Å². The first-order chi connectivity index (χ1) is 8.60. The lowest BCUT2D eigenvalue weighted by Crippen LogP contribution is -2.47. The number of halogens is 2. The van der Waals surface area contributed by atoms with Crippen molar-refractivity contribution in [3.8, 4) is 0 Å².